The van der Waals surface area contributed by atoms with E-state index in [1.807, 2.05) is 6.92 Å². The molecule has 3 N–H and O–H groups in total. The molecular formula is C14H15FN4O2. The van der Waals surface area contributed by atoms with Crippen molar-refractivity contribution < 1.29 is 9.31 Å². The van der Waals surface area contributed by atoms with Gasteiger partial charge in [-0.1, -0.05) is 6.07 Å². The number of non-ortho nitro benzene ring substituents is 1. The van der Waals surface area contributed by atoms with Crippen LogP contribution >= 0.6 is 0 Å². The van der Waals surface area contributed by atoms with E-state index in [1.54, 1.807) is 23.1 Å². The fraction of sp³-hybridized carbons (Fsp3) is 0.143. The quantitative estimate of drug-likeness (QED) is 0.502. The summed E-state index contributed by atoms with van der Waals surface area (Å²) in [5.41, 5.74) is 3.90. The fourth-order valence-corrected chi connectivity index (χ4v) is 2.10. The van der Waals surface area contributed by atoms with E-state index in [0.717, 1.165) is 0 Å². The summed E-state index contributed by atoms with van der Waals surface area (Å²) in [7, 11) is 0. The molecular weight excluding hydrogens is 275 g/mol. The van der Waals surface area contributed by atoms with E-state index in [2.05, 4.69) is 5.43 Å². The van der Waals surface area contributed by atoms with Crippen LogP contribution in [0, 0.1) is 15.9 Å². The number of nitro benzene ring substituents is 1. The molecule has 6 nitrogen and oxygen atoms in total. The van der Waals surface area contributed by atoms with Gasteiger partial charge in [-0.05, 0) is 31.2 Å². The molecule has 0 radical (unpaired) electrons. The number of halogens is 1. The average Bonchev–Trinajstić information content (AvgIpc) is 2.47. The van der Waals surface area contributed by atoms with E-state index >= 15 is 0 Å². The van der Waals surface area contributed by atoms with Gasteiger partial charge in [0.2, 0.25) is 0 Å². The summed E-state index contributed by atoms with van der Waals surface area (Å²) in [6.07, 6.45) is 0. The summed E-state index contributed by atoms with van der Waals surface area (Å²) in [5.74, 6) is 4.97. The van der Waals surface area contributed by atoms with Crippen LogP contribution in [-0.2, 0) is 0 Å². The minimum atomic E-state index is -0.496. The zero-order chi connectivity index (χ0) is 15.4. The van der Waals surface area contributed by atoms with Crippen LogP contribution in [-0.4, -0.2) is 11.5 Å². The molecule has 2 aromatic carbocycles. The predicted octanol–water partition coefficient (Wildman–Crippen LogP) is 3.18. The minimum absolute atomic E-state index is 0.0877. The lowest BCUT2D eigenvalue weighted by Gasteiger charge is -2.23. The summed E-state index contributed by atoms with van der Waals surface area (Å²) in [4.78, 5) is 12.2. The number of hydrazine groups is 1. The number of hydrogen-bond acceptors (Lipinski definition) is 5. The molecule has 0 unspecified atom stereocenters. The molecule has 21 heavy (non-hydrogen) atoms. The van der Waals surface area contributed by atoms with Crippen molar-refractivity contribution in [1.82, 2.24) is 0 Å². The van der Waals surface area contributed by atoms with E-state index < -0.39 is 4.92 Å². The van der Waals surface area contributed by atoms with Crippen molar-refractivity contribution in [1.29, 1.82) is 0 Å². The standard InChI is InChI=1S/C14H15FN4O2/c1-2-18(12-5-3-4-10(15)6-12)13-7-11(17-16)8-14(9-13)19(20)21/h3-9,17H,2,16H2,1H3. The van der Waals surface area contributed by atoms with Crippen molar-refractivity contribution in [2.45, 2.75) is 6.92 Å². The molecule has 0 atom stereocenters. The molecule has 0 aliphatic heterocycles. The molecule has 0 bridgehead atoms. The Morgan fingerprint density at radius 3 is 2.62 bits per heavy atom. The molecule has 0 aliphatic carbocycles. The van der Waals surface area contributed by atoms with Gasteiger partial charge in [0, 0.05) is 24.4 Å². The van der Waals surface area contributed by atoms with E-state index in [-0.39, 0.29) is 11.5 Å². The number of anilines is 3. The number of nitrogens with two attached hydrogens (primary N) is 1. The maximum absolute atomic E-state index is 13.4. The second-order valence-corrected chi connectivity index (χ2v) is 4.36. The molecule has 0 heterocycles. The highest BCUT2D eigenvalue weighted by molar-refractivity contribution is 5.70. The van der Waals surface area contributed by atoms with Gasteiger partial charge in [-0.15, -0.1) is 0 Å². The molecule has 0 aliphatic rings. The summed E-state index contributed by atoms with van der Waals surface area (Å²) in [6.45, 7) is 2.40. The van der Waals surface area contributed by atoms with Crippen molar-refractivity contribution in [2.24, 2.45) is 5.84 Å². The third-order valence-electron chi connectivity index (χ3n) is 3.03. The monoisotopic (exact) mass is 290 g/mol. The van der Waals surface area contributed by atoms with Crippen LogP contribution in [0.3, 0.4) is 0 Å². The van der Waals surface area contributed by atoms with Crippen LogP contribution in [0.25, 0.3) is 0 Å². The Bertz CT molecular complexity index is 663. The Hall–Kier alpha value is -2.67. The second-order valence-electron chi connectivity index (χ2n) is 4.36. The minimum Gasteiger partial charge on any atom is -0.341 e. The van der Waals surface area contributed by atoms with E-state index in [0.29, 0.717) is 23.6 Å². The first-order chi connectivity index (χ1) is 10.0. The zero-order valence-corrected chi connectivity index (χ0v) is 11.4. The van der Waals surface area contributed by atoms with Gasteiger partial charge in [-0.2, -0.15) is 0 Å². The number of benzene rings is 2. The van der Waals surface area contributed by atoms with Crippen LogP contribution in [0.1, 0.15) is 6.92 Å². The molecule has 0 amide bonds. The predicted molar refractivity (Wildman–Crippen MR) is 80.0 cm³/mol. The fourth-order valence-electron chi connectivity index (χ4n) is 2.10. The number of nitrogens with zero attached hydrogens (tertiary/aromatic N) is 2. The zero-order valence-electron chi connectivity index (χ0n) is 11.4. The Balaban J connectivity index is 2.51. The lowest BCUT2D eigenvalue weighted by Crippen LogP contribution is -2.17. The van der Waals surface area contributed by atoms with Crippen LogP contribution in [0.15, 0.2) is 42.5 Å². The summed E-state index contributed by atoms with van der Waals surface area (Å²) in [5, 5.41) is 11.0. The van der Waals surface area contributed by atoms with Gasteiger partial charge >= 0.3 is 0 Å². The maximum atomic E-state index is 13.4. The highest BCUT2D eigenvalue weighted by Crippen LogP contribution is 2.31. The van der Waals surface area contributed by atoms with Gasteiger partial charge in [-0.25, -0.2) is 4.39 Å². The molecule has 0 spiro atoms. The summed E-state index contributed by atoms with van der Waals surface area (Å²) >= 11 is 0. The molecule has 2 aromatic rings. The molecule has 2 rings (SSSR count). The van der Waals surface area contributed by atoms with Crippen molar-refractivity contribution >= 4 is 22.7 Å². The van der Waals surface area contributed by atoms with Crippen LogP contribution in [0.5, 0.6) is 0 Å². The molecule has 0 aromatic heterocycles. The van der Waals surface area contributed by atoms with Crippen molar-refractivity contribution in [3.63, 3.8) is 0 Å². The third kappa shape index (κ3) is 3.26. The number of nitrogens with one attached hydrogen (secondary N) is 1. The first-order valence-electron chi connectivity index (χ1n) is 6.34. The first-order valence-corrected chi connectivity index (χ1v) is 6.34. The van der Waals surface area contributed by atoms with Gasteiger partial charge in [0.15, 0.2) is 0 Å². The number of rotatable bonds is 5. The van der Waals surface area contributed by atoms with Gasteiger partial charge in [0.1, 0.15) is 5.82 Å². The van der Waals surface area contributed by atoms with E-state index in [9.17, 15) is 14.5 Å². The van der Waals surface area contributed by atoms with Crippen molar-refractivity contribution in [2.75, 3.05) is 16.9 Å². The van der Waals surface area contributed by atoms with Crippen LogP contribution in [0.4, 0.5) is 27.1 Å². The van der Waals surface area contributed by atoms with E-state index in [1.165, 1.54) is 24.3 Å². The van der Waals surface area contributed by atoms with Gasteiger partial charge in [0.05, 0.1) is 16.3 Å². The molecule has 7 heteroatoms. The highest BCUT2D eigenvalue weighted by Gasteiger charge is 2.15. The molecule has 0 saturated heterocycles. The van der Waals surface area contributed by atoms with Gasteiger partial charge < -0.3 is 10.3 Å². The Morgan fingerprint density at radius 2 is 2.05 bits per heavy atom. The number of nitro groups is 1. The van der Waals surface area contributed by atoms with Crippen molar-refractivity contribution in [3.8, 4) is 0 Å². The summed E-state index contributed by atoms with van der Waals surface area (Å²) < 4.78 is 13.4. The summed E-state index contributed by atoms with van der Waals surface area (Å²) in [6, 6.07) is 10.5. The molecule has 110 valence electrons. The Labute approximate surface area is 121 Å². The Morgan fingerprint density at radius 1 is 1.29 bits per heavy atom. The van der Waals surface area contributed by atoms with Gasteiger partial charge in [-0.3, -0.25) is 16.0 Å². The lowest BCUT2D eigenvalue weighted by molar-refractivity contribution is -0.384. The second kappa shape index (κ2) is 6.19. The van der Waals surface area contributed by atoms with Crippen molar-refractivity contribution in [3.05, 3.63) is 58.4 Å². The van der Waals surface area contributed by atoms with Crippen LogP contribution < -0.4 is 16.2 Å². The molecule has 0 saturated carbocycles. The SMILES string of the molecule is CCN(c1cccc(F)c1)c1cc(NN)cc([N+](=O)[O-])c1. The highest BCUT2D eigenvalue weighted by atomic mass is 19.1. The third-order valence-corrected chi connectivity index (χ3v) is 3.03. The topological polar surface area (TPSA) is 84.4 Å². The molecule has 0 fully saturated rings. The largest absolute Gasteiger partial charge is 0.341 e. The van der Waals surface area contributed by atoms with Gasteiger partial charge in [0.25, 0.3) is 5.69 Å². The van der Waals surface area contributed by atoms with E-state index in [4.69, 9.17) is 5.84 Å². The normalized spacial score (nSPS) is 10.2. The number of nitrogen functional groups attached to an aromatic ring is 1. The average molecular weight is 290 g/mol. The van der Waals surface area contributed by atoms with Crippen LogP contribution in [0.2, 0.25) is 0 Å². The smallest absolute Gasteiger partial charge is 0.273 e. The number of hydrogen-bond donors (Lipinski definition) is 2. The lowest BCUT2D eigenvalue weighted by atomic mass is 10.2. The maximum Gasteiger partial charge on any atom is 0.273 e. The first kappa shape index (κ1) is 14.7. The Kier molecular flexibility index (Phi) is 4.34.